The molecule has 1 aromatic heterocycles. The van der Waals surface area contributed by atoms with Crippen molar-refractivity contribution in [1.29, 1.82) is 0 Å². The molecule has 104 valence electrons. The number of aromatic nitrogens is 1. The molecule has 0 aliphatic carbocycles. The van der Waals surface area contributed by atoms with Gasteiger partial charge < -0.3 is 10.6 Å². The molecular formula is C13H13FN4O2. The first-order valence-corrected chi connectivity index (χ1v) is 5.91. The van der Waals surface area contributed by atoms with Gasteiger partial charge in [-0.25, -0.2) is 9.37 Å². The third-order valence-electron chi connectivity index (χ3n) is 2.68. The van der Waals surface area contributed by atoms with Gasteiger partial charge in [0.25, 0.3) is 0 Å². The number of halogens is 1. The lowest BCUT2D eigenvalue weighted by atomic mass is 10.2. The van der Waals surface area contributed by atoms with Crippen LogP contribution in [0.2, 0.25) is 0 Å². The van der Waals surface area contributed by atoms with Gasteiger partial charge in [0.05, 0.1) is 4.92 Å². The second kappa shape index (κ2) is 5.96. The summed E-state index contributed by atoms with van der Waals surface area (Å²) in [4.78, 5) is 14.5. The van der Waals surface area contributed by atoms with Gasteiger partial charge >= 0.3 is 5.69 Å². The highest BCUT2D eigenvalue weighted by Crippen LogP contribution is 2.24. The van der Waals surface area contributed by atoms with Crippen molar-refractivity contribution in [3.05, 3.63) is 57.9 Å². The summed E-state index contributed by atoms with van der Waals surface area (Å²) >= 11 is 0. The van der Waals surface area contributed by atoms with Crippen molar-refractivity contribution in [3.8, 4) is 0 Å². The lowest BCUT2D eigenvalue weighted by Crippen LogP contribution is -2.06. The van der Waals surface area contributed by atoms with Crippen molar-refractivity contribution < 1.29 is 9.31 Å². The quantitative estimate of drug-likeness (QED) is 0.648. The molecule has 0 amide bonds. The highest BCUT2D eigenvalue weighted by atomic mass is 19.1. The summed E-state index contributed by atoms with van der Waals surface area (Å²) in [6.07, 6.45) is 0. The lowest BCUT2D eigenvalue weighted by Gasteiger charge is -2.08. The average molecular weight is 276 g/mol. The van der Waals surface area contributed by atoms with Gasteiger partial charge in [0.2, 0.25) is 5.82 Å². The van der Waals surface area contributed by atoms with Gasteiger partial charge in [-0.05, 0) is 23.8 Å². The molecule has 0 saturated carbocycles. The van der Waals surface area contributed by atoms with Gasteiger partial charge in [0.1, 0.15) is 11.6 Å². The number of anilines is 2. The van der Waals surface area contributed by atoms with Crippen molar-refractivity contribution in [2.75, 3.05) is 17.7 Å². The predicted octanol–water partition coefficient (Wildman–Crippen LogP) is 2.78. The molecule has 0 radical (unpaired) electrons. The molecule has 1 heterocycles. The van der Waals surface area contributed by atoms with Crippen LogP contribution < -0.4 is 10.6 Å². The number of hydrogen-bond acceptors (Lipinski definition) is 5. The minimum atomic E-state index is -0.514. The smallest absolute Gasteiger partial charge is 0.311 e. The number of nitro groups is 1. The minimum Gasteiger partial charge on any atom is -0.373 e. The Morgan fingerprint density at radius 3 is 2.80 bits per heavy atom. The SMILES string of the molecule is CNc1ccc([N+](=O)[O-])c(NCc2cccc(F)c2)n1. The van der Waals surface area contributed by atoms with E-state index in [2.05, 4.69) is 15.6 Å². The van der Waals surface area contributed by atoms with Gasteiger partial charge in [-0.1, -0.05) is 12.1 Å². The Labute approximate surface area is 114 Å². The molecule has 7 heteroatoms. The molecule has 6 nitrogen and oxygen atoms in total. The molecule has 0 bridgehead atoms. The zero-order valence-electron chi connectivity index (χ0n) is 10.8. The van der Waals surface area contributed by atoms with E-state index in [4.69, 9.17) is 0 Å². The van der Waals surface area contributed by atoms with Crippen LogP contribution in [0.15, 0.2) is 36.4 Å². The molecule has 0 aliphatic rings. The molecule has 0 unspecified atom stereocenters. The molecule has 20 heavy (non-hydrogen) atoms. The number of pyridine rings is 1. The maximum absolute atomic E-state index is 13.1. The Hall–Kier alpha value is -2.70. The molecule has 2 N–H and O–H groups in total. The fourth-order valence-electron chi connectivity index (χ4n) is 1.70. The maximum Gasteiger partial charge on any atom is 0.311 e. The van der Waals surface area contributed by atoms with E-state index >= 15 is 0 Å². The molecule has 2 aromatic rings. The van der Waals surface area contributed by atoms with Crippen LogP contribution in [-0.2, 0) is 6.54 Å². The summed E-state index contributed by atoms with van der Waals surface area (Å²) in [5.74, 6) is 0.305. The first-order valence-electron chi connectivity index (χ1n) is 5.91. The summed E-state index contributed by atoms with van der Waals surface area (Å²) in [5, 5.41) is 16.6. The summed E-state index contributed by atoms with van der Waals surface area (Å²) < 4.78 is 13.1. The summed E-state index contributed by atoms with van der Waals surface area (Å²) in [6, 6.07) is 8.90. The third kappa shape index (κ3) is 3.19. The van der Waals surface area contributed by atoms with E-state index in [0.717, 1.165) is 0 Å². The van der Waals surface area contributed by atoms with E-state index < -0.39 is 4.92 Å². The summed E-state index contributed by atoms with van der Waals surface area (Å²) in [7, 11) is 1.67. The highest BCUT2D eigenvalue weighted by Gasteiger charge is 2.15. The second-order valence-corrected chi connectivity index (χ2v) is 4.05. The van der Waals surface area contributed by atoms with Crippen LogP contribution in [-0.4, -0.2) is 17.0 Å². The van der Waals surface area contributed by atoms with Crippen LogP contribution in [0.3, 0.4) is 0 Å². The molecular weight excluding hydrogens is 263 g/mol. The summed E-state index contributed by atoms with van der Waals surface area (Å²) in [6.45, 7) is 0.249. The molecule has 2 rings (SSSR count). The topological polar surface area (TPSA) is 80.1 Å². The average Bonchev–Trinajstić information content (AvgIpc) is 2.44. The predicted molar refractivity (Wildman–Crippen MR) is 74.2 cm³/mol. The fourth-order valence-corrected chi connectivity index (χ4v) is 1.70. The first kappa shape index (κ1) is 13.7. The normalized spacial score (nSPS) is 10.1. The Balaban J connectivity index is 2.21. The van der Waals surface area contributed by atoms with Crippen molar-refractivity contribution in [2.24, 2.45) is 0 Å². The van der Waals surface area contributed by atoms with E-state index in [-0.39, 0.29) is 23.9 Å². The van der Waals surface area contributed by atoms with E-state index in [1.165, 1.54) is 24.3 Å². The van der Waals surface area contributed by atoms with Gasteiger partial charge in [-0.15, -0.1) is 0 Å². The van der Waals surface area contributed by atoms with Gasteiger partial charge in [-0.2, -0.15) is 0 Å². The zero-order chi connectivity index (χ0) is 14.5. The standard InChI is InChI=1S/C13H13FN4O2/c1-15-12-6-5-11(18(19)20)13(17-12)16-8-9-3-2-4-10(14)7-9/h2-7H,8H2,1H3,(H2,15,16,17). The lowest BCUT2D eigenvalue weighted by molar-refractivity contribution is -0.384. The van der Waals surface area contributed by atoms with Gasteiger partial charge in [-0.3, -0.25) is 10.1 Å². The number of rotatable bonds is 5. The summed E-state index contributed by atoms with van der Waals surface area (Å²) in [5.41, 5.74) is 0.552. The third-order valence-corrected chi connectivity index (χ3v) is 2.68. The second-order valence-electron chi connectivity index (χ2n) is 4.05. The Morgan fingerprint density at radius 2 is 2.15 bits per heavy atom. The number of nitrogens with zero attached hydrogens (tertiary/aromatic N) is 2. The first-order chi connectivity index (χ1) is 9.60. The number of nitrogens with one attached hydrogen (secondary N) is 2. The zero-order valence-corrected chi connectivity index (χ0v) is 10.8. The molecule has 0 spiro atoms. The molecule has 1 aromatic carbocycles. The molecule has 0 saturated heterocycles. The van der Waals surface area contributed by atoms with Crippen LogP contribution in [0.25, 0.3) is 0 Å². The highest BCUT2D eigenvalue weighted by molar-refractivity contribution is 5.60. The van der Waals surface area contributed by atoms with Crippen molar-refractivity contribution >= 4 is 17.3 Å². The number of benzene rings is 1. The van der Waals surface area contributed by atoms with Gasteiger partial charge in [0.15, 0.2) is 0 Å². The monoisotopic (exact) mass is 276 g/mol. The van der Waals surface area contributed by atoms with Gasteiger partial charge in [0, 0.05) is 19.7 Å². The molecule has 0 aliphatic heterocycles. The minimum absolute atomic E-state index is 0.125. The number of hydrogen-bond donors (Lipinski definition) is 2. The van der Waals surface area contributed by atoms with Crippen LogP contribution in [0.1, 0.15) is 5.56 Å². The maximum atomic E-state index is 13.1. The Morgan fingerprint density at radius 1 is 1.35 bits per heavy atom. The van der Waals surface area contributed by atoms with Crippen LogP contribution in [0.4, 0.5) is 21.7 Å². The molecule has 0 fully saturated rings. The van der Waals surface area contributed by atoms with E-state index in [0.29, 0.717) is 11.4 Å². The van der Waals surface area contributed by atoms with Crippen LogP contribution in [0, 0.1) is 15.9 Å². The van der Waals surface area contributed by atoms with E-state index in [9.17, 15) is 14.5 Å². The van der Waals surface area contributed by atoms with Crippen molar-refractivity contribution in [1.82, 2.24) is 4.98 Å². The Kier molecular flexibility index (Phi) is 4.09. The Bertz CT molecular complexity index is 634. The largest absolute Gasteiger partial charge is 0.373 e. The van der Waals surface area contributed by atoms with Crippen LogP contribution >= 0.6 is 0 Å². The van der Waals surface area contributed by atoms with Crippen molar-refractivity contribution in [2.45, 2.75) is 6.54 Å². The van der Waals surface area contributed by atoms with E-state index in [1.54, 1.807) is 19.2 Å². The van der Waals surface area contributed by atoms with Crippen molar-refractivity contribution in [3.63, 3.8) is 0 Å². The van der Waals surface area contributed by atoms with E-state index in [1.807, 2.05) is 0 Å². The fraction of sp³-hybridized carbons (Fsp3) is 0.154. The van der Waals surface area contributed by atoms with Crippen LogP contribution in [0.5, 0.6) is 0 Å². The molecule has 0 atom stereocenters.